The molecular weight excluding hydrogens is 330 g/mol. The van der Waals surface area contributed by atoms with E-state index in [0.29, 0.717) is 0 Å². The largest absolute Gasteiger partial charge is 0.494 e. The van der Waals surface area contributed by atoms with E-state index in [2.05, 4.69) is 44.3 Å². The molecule has 0 radical (unpaired) electrons. The Balaban J connectivity index is 1.48. The van der Waals surface area contributed by atoms with Crippen LogP contribution in [0.25, 0.3) is 11.3 Å². The molecule has 1 aliphatic carbocycles. The van der Waals surface area contributed by atoms with Crippen LogP contribution in [-0.2, 0) is 6.42 Å². The molecule has 0 amide bonds. The van der Waals surface area contributed by atoms with Gasteiger partial charge in [0.15, 0.2) is 0 Å². The topological polar surface area (TPSA) is 22.1 Å². The van der Waals surface area contributed by atoms with E-state index < -0.39 is 0 Å². The summed E-state index contributed by atoms with van der Waals surface area (Å²) in [4.78, 5) is 4.70. The van der Waals surface area contributed by atoms with Gasteiger partial charge in [-0.3, -0.25) is 4.98 Å². The van der Waals surface area contributed by atoms with Crippen LogP contribution in [0.4, 0.5) is 0 Å². The number of ether oxygens (including phenoxy) is 1. The average molecular weight is 366 g/mol. The van der Waals surface area contributed by atoms with Gasteiger partial charge in [-0.2, -0.15) is 0 Å². The van der Waals surface area contributed by atoms with Crippen molar-refractivity contribution in [2.45, 2.75) is 71.6 Å². The van der Waals surface area contributed by atoms with Crippen molar-refractivity contribution >= 4 is 0 Å². The fraction of sp³-hybridized carbons (Fsp3) is 0.560. The van der Waals surface area contributed by atoms with Gasteiger partial charge >= 0.3 is 0 Å². The molecule has 2 nitrogen and oxygen atoms in total. The van der Waals surface area contributed by atoms with Crippen LogP contribution in [0, 0.1) is 11.8 Å². The van der Waals surface area contributed by atoms with Gasteiger partial charge in [0.1, 0.15) is 5.75 Å². The number of aryl methyl sites for hydroxylation is 1. The highest BCUT2D eigenvalue weighted by molar-refractivity contribution is 5.60. The Hall–Kier alpha value is -1.83. The molecule has 0 saturated heterocycles. The van der Waals surface area contributed by atoms with Gasteiger partial charge < -0.3 is 4.74 Å². The number of unbranched alkanes of at least 4 members (excludes halogenated alkanes) is 1. The minimum absolute atomic E-state index is 0.795. The van der Waals surface area contributed by atoms with Crippen LogP contribution < -0.4 is 4.74 Å². The number of rotatable bonds is 9. The standard InChI is InChI=1S/C25H35NO/c1-3-5-18-27-24-15-13-23(14-16-24)25-17-12-22(19-26-25)11-10-21-8-6-20(4-2)7-9-21/h12-17,19-21H,3-11,18H2,1-2H3. The van der Waals surface area contributed by atoms with Gasteiger partial charge in [-0.25, -0.2) is 0 Å². The molecule has 0 aliphatic heterocycles. The summed E-state index contributed by atoms with van der Waals surface area (Å²) in [5.74, 6) is 2.86. The Labute approximate surface area is 165 Å². The Bertz CT molecular complexity index is 654. The lowest BCUT2D eigenvalue weighted by atomic mass is 9.79. The van der Waals surface area contributed by atoms with Crippen molar-refractivity contribution in [1.29, 1.82) is 0 Å². The second-order valence-electron chi connectivity index (χ2n) is 8.11. The Morgan fingerprint density at radius 3 is 2.30 bits per heavy atom. The van der Waals surface area contributed by atoms with Gasteiger partial charge in [-0.15, -0.1) is 0 Å². The number of nitrogens with zero attached hydrogens (tertiary/aromatic N) is 1. The summed E-state index contributed by atoms with van der Waals surface area (Å²) < 4.78 is 5.74. The quantitative estimate of drug-likeness (QED) is 0.443. The van der Waals surface area contributed by atoms with Crippen molar-refractivity contribution in [1.82, 2.24) is 4.98 Å². The van der Waals surface area contributed by atoms with E-state index in [1.807, 2.05) is 12.1 Å². The summed E-state index contributed by atoms with van der Waals surface area (Å²) >= 11 is 0. The summed E-state index contributed by atoms with van der Waals surface area (Å²) in [7, 11) is 0. The molecule has 1 heterocycles. The van der Waals surface area contributed by atoms with E-state index in [1.165, 1.54) is 50.5 Å². The lowest BCUT2D eigenvalue weighted by Gasteiger charge is -2.27. The van der Waals surface area contributed by atoms with Crippen molar-refractivity contribution in [3.63, 3.8) is 0 Å². The second-order valence-corrected chi connectivity index (χ2v) is 8.11. The first-order valence-electron chi connectivity index (χ1n) is 11.0. The third-order valence-corrected chi connectivity index (χ3v) is 6.13. The molecule has 1 fully saturated rings. The molecule has 0 atom stereocenters. The molecular formula is C25H35NO. The SMILES string of the molecule is CCCCOc1ccc(-c2ccc(CCC3CCC(CC)CC3)cn2)cc1. The van der Waals surface area contributed by atoms with Gasteiger partial charge in [0.25, 0.3) is 0 Å². The normalized spacial score (nSPS) is 19.8. The number of hydrogen-bond donors (Lipinski definition) is 0. The zero-order valence-electron chi connectivity index (χ0n) is 17.1. The van der Waals surface area contributed by atoms with Gasteiger partial charge in [0, 0.05) is 11.8 Å². The van der Waals surface area contributed by atoms with Crippen LogP contribution in [0.2, 0.25) is 0 Å². The first-order valence-corrected chi connectivity index (χ1v) is 11.0. The molecule has 3 rings (SSSR count). The fourth-order valence-corrected chi connectivity index (χ4v) is 4.10. The molecule has 146 valence electrons. The highest BCUT2D eigenvalue weighted by Crippen LogP contribution is 2.33. The van der Waals surface area contributed by atoms with Gasteiger partial charge in [-0.05, 0) is 67.0 Å². The molecule has 1 aromatic heterocycles. The molecule has 0 N–H and O–H groups in total. The minimum atomic E-state index is 0.795. The number of aromatic nitrogens is 1. The van der Waals surface area contributed by atoms with Gasteiger partial charge in [0.2, 0.25) is 0 Å². The number of benzene rings is 1. The monoisotopic (exact) mass is 365 g/mol. The molecule has 1 saturated carbocycles. The fourth-order valence-electron chi connectivity index (χ4n) is 4.10. The van der Waals surface area contributed by atoms with E-state index in [0.717, 1.165) is 48.3 Å². The van der Waals surface area contributed by atoms with E-state index in [1.54, 1.807) is 0 Å². The van der Waals surface area contributed by atoms with Crippen LogP contribution in [0.3, 0.4) is 0 Å². The summed E-state index contributed by atoms with van der Waals surface area (Å²) in [6.07, 6.45) is 13.9. The summed E-state index contributed by atoms with van der Waals surface area (Å²) in [6, 6.07) is 12.7. The number of hydrogen-bond acceptors (Lipinski definition) is 2. The van der Waals surface area contributed by atoms with Crippen LogP contribution >= 0.6 is 0 Å². The van der Waals surface area contributed by atoms with Crippen LogP contribution in [0.15, 0.2) is 42.6 Å². The van der Waals surface area contributed by atoms with Crippen LogP contribution in [-0.4, -0.2) is 11.6 Å². The summed E-state index contributed by atoms with van der Waals surface area (Å²) in [5.41, 5.74) is 3.57. The van der Waals surface area contributed by atoms with E-state index in [9.17, 15) is 0 Å². The van der Waals surface area contributed by atoms with Crippen molar-refractivity contribution in [3.05, 3.63) is 48.2 Å². The predicted molar refractivity (Wildman–Crippen MR) is 114 cm³/mol. The second kappa shape index (κ2) is 10.5. The van der Waals surface area contributed by atoms with E-state index in [-0.39, 0.29) is 0 Å². The third-order valence-electron chi connectivity index (χ3n) is 6.13. The Kier molecular flexibility index (Phi) is 7.74. The molecule has 27 heavy (non-hydrogen) atoms. The minimum Gasteiger partial charge on any atom is -0.494 e. The molecule has 2 heteroatoms. The first kappa shape index (κ1) is 19.9. The number of pyridine rings is 1. The van der Waals surface area contributed by atoms with Crippen molar-refractivity contribution in [3.8, 4) is 17.0 Å². The Morgan fingerprint density at radius 2 is 1.67 bits per heavy atom. The van der Waals surface area contributed by atoms with E-state index >= 15 is 0 Å². The van der Waals surface area contributed by atoms with Crippen molar-refractivity contribution in [2.75, 3.05) is 6.61 Å². The molecule has 0 unspecified atom stereocenters. The van der Waals surface area contributed by atoms with Crippen molar-refractivity contribution < 1.29 is 4.74 Å². The maximum Gasteiger partial charge on any atom is 0.119 e. The smallest absolute Gasteiger partial charge is 0.119 e. The zero-order chi connectivity index (χ0) is 18.9. The highest BCUT2D eigenvalue weighted by Gasteiger charge is 2.19. The molecule has 2 aromatic rings. The lowest BCUT2D eigenvalue weighted by Crippen LogP contribution is -2.14. The predicted octanol–water partition coefficient (Wildman–Crippen LogP) is 7.08. The summed E-state index contributed by atoms with van der Waals surface area (Å²) in [6.45, 7) is 5.31. The van der Waals surface area contributed by atoms with Gasteiger partial charge in [0.05, 0.1) is 12.3 Å². The van der Waals surface area contributed by atoms with Gasteiger partial charge in [-0.1, -0.05) is 58.4 Å². The maximum atomic E-state index is 5.74. The van der Waals surface area contributed by atoms with E-state index in [4.69, 9.17) is 9.72 Å². The maximum absolute atomic E-state index is 5.74. The Morgan fingerprint density at radius 1 is 0.926 bits per heavy atom. The highest BCUT2D eigenvalue weighted by atomic mass is 16.5. The van der Waals surface area contributed by atoms with Crippen molar-refractivity contribution in [2.24, 2.45) is 11.8 Å². The molecule has 0 spiro atoms. The molecule has 1 aromatic carbocycles. The zero-order valence-corrected chi connectivity index (χ0v) is 17.1. The third kappa shape index (κ3) is 6.09. The lowest BCUT2D eigenvalue weighted by molar-refractivity contribution is 0.259. The summed E-state index contributed by atoms with van der Waals surface area (Å²) in [5, 5.41) is 0. The van der Waals surface area contributed by atoms with Crippen LogP contribution in [0.1, 0.15) is 70.8 Å². The molecule has 0 bridgehead atoms. The molecule has 1 aliphatic rings. The average Bonchev–Trinajstić information content (AvgIpc) is 2.74. The first-order chi connectivity index (χ1) is 13.3. The van der Waals surface area contributed by atoms with Crippen LogP contribution in [0.5, 0.6) is 5.75 Å².